The van der Waals surface area contributed by atoms with Crippen LogP contribution >= 0.6 is 0 Å². The predicted octanol–water partition coefficient (Wildman–Crippen LogP) is 2.75. The Morgan fingerprint density at radius 2 is 1.77 bits per heavy atom. The van der Waals surface area contributed by atoms with E-state index in [4.69, 9.17) is 15.3 Å². The van der Waals surface area contributed by atoms with Crippen molar-refractivity contribution >= 4 is 15.9 Å². The second kappa shape index (κ2) is 10.1. The van der Waals surface area contributed by atoms with Gasteiger partial charge in [-0.05, 0) is 48.0 Å². The fourth-order valence-corrected chi connectivity index (χ4v) is 3.58. The Bertz CT molecular complexity index is 1130. The zero-order chi connectivity index (χ0) is 22.3. The Morgan fingerprint density at radius 1 is 1.03 bits per heavy atom. The van der Waals surface area contributed by atoms with E-state index in [-0.39, 0.29) is 17.3 Å². The molecule has 31 heavy (non-hydrogen) atoms. The average molecular weight is 441 g/mol. The summed E-state index contributed by atoms with van der Waals surface area (Å²) in [4.78, 5) is 9.56. The summed E-state index contributed by atoms with van der Waals surface area (Å²) in [7, 11) is -0.539. The minimum absolute atomic E-state index is 0.0871. The fraction of sp³-hybridized carbons (Fsp3) is 0.182. The number of ether oxygens (including phenoxy) is 1. The Labute approximate surface area is 182 Å². The molecule has 2 N–H and O–H groups in total. The molecule has 0 aliphatic rings. The summed E-state index contributed by atoms with van der Waals surface area (Å²) in [5.41, 5.74) is 8.31. The highest BCUT2D eigenvalue weighted by atomic mass is 32.2. The lowest BCUT2D eigenvalue weighted by molar-refractivity contribution is 0.130. The van der Waals surface area contributed by atoms with Gasteiger partial charge in [-0.3, -0.25) is 4.98 Å². The fourth-order valence-electron chi connectivity index (χ4n) is 2.61. The number of pyridine rings is 1. The molecule has 0 unspecified atom stereocenters. The average Bonchev–Trinajstić information content (AvgIpc) is 2.79. The van der Waals surface area contributed by atoms with Gasteiger partial charge in [0.15, 0.2) is 5.84 Å². The smallest absolute Gasteiger partial charge is 0.242 e. The minimum atomic E-state index is -3.51. The van der Waals surface area contributed by atoms with Gasteiger partial charge in [0.25, 0.3) is 0 Å². The van der Waals surface area contributed by atoms with Gasteiger partial charge in [-0.1, -0.05) is 23.4 Å². The van der Waals surface area contributed by atoms with Crippen molar-refractivity contribution in [2.75, 3.05) is 14.1 Å². The third-order valence-corrected chi connectivity index (χ3v) is 6.16. The zero-order valence-electron chi connectivity index (χ0n) is 17.3. The van der Waals surface area contributed by atoms with Crippen LogP contribution in [-0.2, 0) is 28.1 Å². The van der Waals surface area contributed by atoms with Crippen LogP contribution in [0.4, 0.5) is 0 Å². The maximum absolute atomic E-state index is 12.2. The molecule has 1 aromatic heterocycles. The van der Waals surface area contributed by atoms with E-state index >= 15 is 0 Å². The van der Waals surface area contributed by atoms with Crippen molar-refractivity contribution in [1.82, 2.24) is 9.29 Å². The Kier molecular flexibility index (Phi) is 7.22. The molecular weight excluding hydrogens is 416 g/mol. The number of benzene rings is 2. The van der Waals surface area contributed by atoms with Gasteiger partial charge in [-0.2, -0.15) is 0 Å². The first kappa shape index (κ1) is 22.3. The molecule has 0 bridgehead atoms. The normalized spacial score (nSPS) is 12.0. The number of rotatable bonds is 9. The molecule has 9 heteroatoms. The van der Waals surface area contributed by atoms with Gasteiger partial charge in [-0.15, -0.1) is 0 Å². The summed E-state index contributed by atoms with van der Waals surface area (Å²) in [6.45, 7) is 0.506. The van der Waals surface area contributed by atoms with Crippen molar-refractivity contribution in [2.24, 2.45) is 10.9 Å². The van der Waals surface area contributed by atoms with Gasteiger partial charge in [0.05, 0.1) is 4.90 Å². The third kappa shape index (κ3) is 6.03. The maximum Gasteiger partial charge on any atom is 0.242 e. The van der Waals surface area contributed by atoms with Crippen molar-refractivity contribution in [3.05, 3.63) is 89.7 Å². The lowest BCUT2D eigenvalue weighted by Crippen LogP contribution is -2.22. The van der Waals surface area contributed by atoms with Crippen molar-refractivity contribution in [3.8, 4) is 5.75 Å². The molecule has 0 aliphatic carbocycles. The van der Waals surface area contributed by atoms with Gasteiger partial charge >= 0.3 is 0 Å². The molecule has 0 saturated heterocycles. The molecule has 0 amide bonds. The van der Waals surface area contributed by atoms with Crippen LogP contribution < -0.4 is 10.5 Å². The predicted molar refractivity (Wildman–Crippen MR) is 118 cm³/mol. The number of nitrogens with zero attached hydrogens (tertiary/aromatic N) is 3. The van der Waals surface area contributed by atoms with Gasteiger partial charge in [0, 0.05) is 37.6 Å². The summed E-state index contributed by atoms with van der Waals surface area (Å²) < 4.78 is 31.3. The standard InChI is InChI=1S/C22H24N4O4S/c1-26(2)31(27,28)21-7-3-5-17(13-21)16-30-25-22(23)19-8-10-20(11-9-19)29-15-18-6-4-12-24-14-18/h3-14H,15-16H2,1-2H3,(H2,23,25). The highest BCUT2D eigenvalue weighted by molar-refractivity contribution is 7.89. The Morgan fingerprint density at radius 3 is 2.45 bits per heavy atom. The molecule has 0 spiro atoms. The molecular formula is C22H24N4O4S. The van der Waals surface area contributed by atoms with E-state index in [1.807, 2.05) is 12.1 Å². The molecule has 0 saturated carbocycles. The number of oxime groups is 1. The van der Waals surface area contributed by atoms with Crippen molar-refractivity contribution in [2.45, 2.75) is 18.1 Å². The molecule has 8 nitrogen and oxygen atoms in total. The summed E-state index contributed by atoms with van der Waals surface area (Å²) in [6.07, 6.45) is 3.47. The first-order valence-corrected chi connectivity index (χ1v) is 10.9. The summed E-state index contributed by atoms with van der Waals surface area (Å²) in [5.74, 6) is 0.899. The van der Waals surface area contributed by atoms with Crippen molar-refractivity contribution in [3.63, 3.8) is 0 Å². The zero-order valence-corrected chi connectivity index (χ0v) is 18.1. The monoisotopic (exact) mass is 440 g/mol. The summed E-state index contributed by atoms with van der Waals surface area (Å²) in [6, 6.07) is 17.5. The topological polar surface area (TPSA) is 107 Å². The van der Waals surface area contributed by atoms with E-state index in [1.54, 1.807) is 54.9 Å². The third-order valence-electron chi connectivity index (χ3n) is 4.35. The van der Waals surface area contributed by atoms with Crippen LogP contribution in [0.15, 0.2) is 83.1 Å². The van der Waals surface area contributed by atoms with Gasteiger partial charge < -0.3 is 15.3 Å². The lowest BCUT2D eigenvalue weighted by atomic mass is 10.2. The van der Waals surface area contributed by atoms with E-state index in [2.05, 4.69) is 10.1 Å². The highest BCUT2D eigenvalue weighted by Crippen LogP contribution is 2.16. The minimum Gasteiger partial charge on any atom is -0.489 e. The van der Waals surface area contributed by atoms with Crippen LogP contribution in [0, 0.1) is 0 Å². The molecule has 3 aromatic rings. The first-order chi connectivity index (χ1) is 14.9. The van der Waals surface area contributed by atoms with Gasteiger partial charge in [0.1, 0.15) is 19.0 Å². The number of aromatic nitrogens is 1. The molecule has 3 rings (SSSR count). The van der Waals surface area contributed by atoms with E-state index in [9.17, 15) is 8.42 Å². The number of sulfonamides is 1. The molecule has 0 aliphatic heterocycles. The second-order valence-electron chi connectivity index (χ2n) is 6.86. The molecule has 0 fully saturated rings. The summed E-state index contributed by atoms with van der Waals surface area (Å²) >= 11 is 0. The van der Waals surface area contributed by atoms with Gasteiger partial charge in [0.2, 0.25) is 10.0 Å². The van der Waals surface area contributed by atoms with Crippen molar-refractivity contribution in [1.29, 1.82) is 0 Å². The van der Waals surface area contributed by atoms with E-state index in [0.717, 1.165) is 9.87 Å². The van der Waals surface area contributed by atoms with Crippen LogP contribution in [0.5, 0.6) is 5.75 Å². The van der Waals surface area contributed by atoms with E-state index in [0.29, 0.717) is 23.5 Å². The van der Waals surface area contributed by atoms with Crippen LogP contribution in [0.25, 0.3) is 0 Å². The first-order valence-electron chi connectivity index (χ1n) is 9.45. The lowest BCUT2D eigenvalue weighted by Gasteiger charge is -2.12. The van der Waals surface area contributed by atoms with Gasteiger partial charge in [-0.25, -0.2) is 12.7 Å². The van der Waals surface area contributed by atoms with Crippen LogP contribution in [0.1, 0.15) is 16.7 Å². The van der Waals surface area contributed by atoms with E-state index in [1.165, 1.54) is 20.2 Å². The Balaban J connectivity index is 1.57. The number of nitrogens with two attached hydrogens (primary N) is 1. The number of amidine groups is 1. The summed E-state index contributed by atoms with van der Waals surface area (Å²) in [5, 5.41) is 3.93. The molecule has 0 atom stereocenters. The highest BCUT2D eigenvalue weighted by Gasteiger charge is 2.17. The number of hydrogen-bond acceptors (Lipinski definition) is 6. The van der Waals surface area contributed by atoms with E-state index < -0.39 is 10.0 Å². The van der Waals surface area contributed by atoms with Crippen LogP contribution in [0.3, 0.4) is 0 Å². The molecule has 2 aromatic carbocycles. The molecule has 0 radical (unpaired) electrons. The SMILES string of the molecule is CN(C)S(=O)(=O)c1cccc(CO/N=C(/N)c2ccc(OCc3cccnc3)cc2)c1. The van der Waals surface area contributed by atoms with Crippen LogP contribution in [-0.4, -0.2) is 37.6 Å². The maximum atomic E-state index is 12.2. The van der Waals surface area contributed by atoms with Crippen LogP contribution in [0.2, 0.25) is 0 Å². The quantitative estimate of drug-likeness (QED) is 0.311. The second-order valence-corrected chi connectivity index (χ2v) is 9.01. The largest absolute Gasteiger partial charge is 0.489 e. The molecule has 1 heterocycles. The Hall–Kier alpha value is -3.43. The molecule has 162 valence electrons. The van der Waals surface area contributed by atoms with Crippen molar-refractivity contribution < 1.29 is 18.0 Å². The number of hydrogen-bond donors (Lipinski definition) is 1.